The molecule has 1 aromatic heterocycles. The molecule has 2 unspecified atom stereocenters. The molecule has 0 radical (unpaired) electrons. The lowest BCUT2D eigenvalue weighted by Gasteiger charge is -2.40. The van der Waals surface area contributed by atoms with E-state index in [4.69, 9.17) is 9.26 Å². The van der Waals surface area contributed by atoms with Crippen LogP contribution in [-0.4, -0.2) is 36.4 Å². The highest BCUT2D eigenvalue weighted by molar-refractivity contribution is 5.90. The molecule has 38 heavy (non-hydrogen) atoms. The number of hydrogen-bond donors (Lipinski definition) is 0. The molecule has 3 heterocycles. The number of rotatable bonds is 7. The minimum Gasteiger partial charge on any atom is -0.465 e. The number of hydrogen-bond acceptors (Lipinski definition) is 6. The fourth-order valence-corrected chi connectivity index (χ4v) is 5.93. The van der Waals surface area contributed by atoms with Gasteiger partial charge in [-0.05, 0) is 62.8 Å². The Hall–Kier alpha value is -3.40. The van der Waals surface area contributed by atoms with Crippen molar-refractivity contribution < 1.29 is 36.4 Å². The van der Waals surface area contributed by atoms with Crippen molar-refractivity contribution in [1.29, 1.82) is 0 Å². The zero-order chi connectivity index (χ0) is 26.6. The molecule has 2 aliphatic heterocycles. The molecule has 200 valence electrons. The summed E-state index contributed by atoms with van der Waals surface area (Å²) in [4.78, 5) is 13.5. The smallest absolute Gasteiger partial charge is 0.338 e. The van der Waals surface area contributed by atoms with Gasteiger partial charge in [0.15, 0.2) is 0 Å². The third-order valence-electron chi connectivity index (χ3n) is 7.82. The number of nitrogens with zero attached hydrogens (tertiary/aromatic N) is 2. The van der Waals surface area contributed by atoms with Crippen molar-refractivity contribution in [2.45, 2.75) is 69.2 Å². The zero-order valence-corrected chi connectivity index (χ0v) is 20.7. The number of carbonyl (C=O) groups excluding carboxylic acids is 1. The monoisotopic (exact) mass is 530 g/mol. The average molecular weight is 531 g/mol. The molecule has 3 aromatic rings. The van der Waals surface area contributed by atoms with Crippen molar-refractivity contribution in [3.63, 3.8) is 0 Å². The Morgan fingerprint density at radius 3 is 2.21 bits per heavy atom. The summed E-state index contributed by atoms with van der Waals surface area (Å²) in [6.07, 6.45) is 4.15. The third kappa shape index (κ3) is 4.34. The normalized spacial score (nSPS) is 22.7. The molecule has 1 aliphatic carbocycles. The van der Waals surface area contributed by atoms with Crippen molar-refractivity contribution in [1.82, 2.24) is 5.16 Å². The van der Waals surface area contributed by atoms with Crippen LogP contribution in [0.3, 0.4) is 0 Å². The lowest BCUT2D eigenvalue weighted by Crippen LogP contribution is -2.46. The summed E-state index contributed by atoms with van der Waals surface area (Å²) in [7, 11) is 1.15. The van der Waals surface area contributed by atoms with E-state index in [0.29, 0.717) is 24.2 Å². The van der Waals surface area contributed by atoms with Gasteiger partial charge in [-0.15, -0.1) is 0 Å². The molecule has 3 fully saturated rings. The van der Waals surface area contributed by atoms with Crippen LogP contribution in [-0.2, 0) is 16.1 Å². The van der Waals surface area contributed by atoms with Gasteiger partial charge >= 0.3 is 5.97 Å². The summed E-state index contributed by atoms with van der Waals surface area (Å²) in [5, 5.41) is 4.01. The Labute approximate surface area is 216 Å². The van der Waals surface area contributed by atoms with Gasteiger partial charge in [-0.1, -0.05) is 11.2 Å². The maximum absolute atomic E-state index is 15.0. The number of carbonyl (C=O) groups is 1. The molecule has 2 atom stereocenters. The van der Waals surface area contributed by atoms with E-state index < -0.39 is 29.2 Å². The van der Waals surface area contributed by atoms with E-state index in [1.165, 1.54) is 18.2 Å². The minimum absolute atomic E-state index is 0.0685. The number of ether oxygens (including phenoxy) is 2. The SMILES string of the molecule is COC(=O)c1cc(F)c(N2C3CCC2CC(OCc2c(-c4c(F)cccc4F)noc2C2CC2)C3)c(F)c1. The number of piperidine rings is 1. The molecule has 2 bridgehead atoms. The first-order valence-electron chi connectivity index (χ1n) is 12.8. The summed E-state index contributed by atoms with van der Waals surface area (Å²) in [5.41, 5.74) is 0.0903. The third-order valence-corrected chi connectivity index (χ3v) is 7.82. The van der Waals surface area contributed by atoms with Gasteiger partial charge in [-0.3, -0.25) is 0 Å². The molecule has 3 aliphatic rings. The molecule has 10 heteroatoms. The molecular formula is C28H26F4N2O4. The van der Waals surface area contributed by atoms with Crippen LogP contribution in [0.25, 0.3) is 11.3 Å². The van der Waals surface area contributed by atoms with Crippen molar-refractivity contribution in [3.8, 4) is 11.3 Å². The standard InChI is InChI=1S/C28H26F4N2O4/c1-36-28(35)15-9-22(31)26(23(32)10-15)34-16-7-8-17(34)12-18(11-16)37-13-19-25(33-38-27(19)14-5-6-14)24-20(29)3-2-4-21(24)30/h2-4,9-10,14,16-18H,5-8,11-13H2,1H3. The Kier molecular flexibility index (Phi) is 6.37. The van der Waals surface area contributed by atoms with Crippen LogP contribution in [0.4, 0.5) is 23.2 Å². The predicted octanol–water partition coefficient (Wildman–Crippen LogP) is 6.28. The van der Waals surface area contributed by atoms with Gasteiger partial charge in [-0.2, -0.15) is 0 Å². The number of methoxy groups -OCH3 is 1. The van der Waals surface area contributed by atoms with Crippen molar-refractivity contribution >= 4 is 11.7 Å². The largest absolute Gasteiger partial charge is 0.465 e. The van der Waals surface area contributed by atoms with Crippen molar-refractivity contribution in [2.24, 2.45) is 0 Å². The highest BCUT2D eigenvalue weighted by Gasteiger charge is 2.44. The average Bonchev–Trinajstić information content (AvgIpc) is 3.60. The lowest BCUT2D eigenvalue weighted by molar-refractivity contribution is 0.0145. The minimum atomic E-state index is -0.809. The van der Waals surface area contributed by atoms with E-state index in [-0.39, 0.29) is 53.2 Å². The summed E-state index contributed by atoms with van der Waals surface area (Å²) in [6.45, 7) is 0.0685. The van der Waals surface area contributed by atoms with Crippen molar-refractivity contribution in [2.75, 3.05) is 12.0 Å². The van der Waals surface area contributed by atoms with Crippen LogP contribution in [0.2, 0.25) is 0 Å². The topological polar surface area (TPSA) is 64.8 Å². The van der Waals surface area contributed by atoms with E-state index >= 15 is 0 Å². The Balaban J connectivity index is 1.21. The maximum atomic E-state index is 15.0. The van der Waals surface area contributed by atoms with Crippen LogP contribution >= 0.6 is 0 Å². The quantitative estimate of drug-likeness (QED) is 0.265. The Bertz CT molecular complexity index is 1330. The molecule has 0 amide bonds. The van der Waals surface area contributed by atoms with Gasteiger partial charge in [0.25, 0.3) is 0 Å². The second-order valence-corrected chi connectivity index (χ2v) is 10.2. The number of aromatic nitrogens is 1. The highest BCUT2D eigenvalue weighted by atomic mass is 19.1. The second-order valence-electron chi connectivity index (χ2n) is 10.2. The molecule has 6 nitrogen and oxygen atoms in total. The molecule has 0 N–H and O–H groups in total. The van der Waals surface area contributed by atoms with E-state index in [0.717, 1.165) is 44.9 Å². The lowest BCUT2D eigenvalue weighted by atomic mass is 9.97. The molecule has 1 saturated carbocycles. The zero-order valence-electron chi connectivity index (χ0n) is 20.7. The van der Waals surface area contributed by atoms with Crippen LogP contribution in [0.1, 0.15) is 66.1 Å². The second kappa shape index (κ2) is 9.72. The van der Waals surface area contributed by atoms with Gasteiger partial charge in [0.2, 0.25) is 0 Å². The first kappa shape index (κ1) is 24.9. The van der Waals surface area contributed by atoms with E-state index in [2.05, 4.69) is 9.89 Å². The number of fused-ring (bicyclic) bond motifs is 2. The molecule has 2 saturated heterocycles. The van der Waals surface area contributed by atoms with E-state index in [9.17, 15) is 22.4 Å². The van der Waals surface area contributed by atoms with Crippen LogP contribution in [0.5, 0.6) is 0 Å². The fourth-order valence-electron chi connectivity index (χ4n) is 5.93. The Morgan fingerprint density at radius 1 is 1.00 bits per heavy atom. The van der Waals surface area contributed by atoms with E-state index in [1.54, 1.807) is 4.90 Å². The first-order valence-corrected chi connectivity index (χ1v) is 12.8. The van der Waals surface area contributed by atoms with Gasteiger partial charge in [0.05, 0.1) is 30.9 Å². The van der Waals surface area contributed by atoms with Crippen LogP contribution < -0.4 is 4.90 Å². The molecule has 6 rings (SSSR count). The first-order chi connectivity index (χ1) is 18.4. The number of benzene rings is 2. The van der Waals surface area contributed by atoms with Crippen molar-refractivity contribution in [3.05, 3.63) is 70.5 Å². The van der Waals surface area contributed by atoms with Gasteiger partial charge in [-0.25, -0.2) is 22.4 Å². The number of anilines is 1. The summed E-state index contributed by atoms with van der Waals surface area (Å²) in [6, 6.07) is 5.35. The van der Waals surface area contributed by atoms with Gasteiger partial charge in [0, 0.05) is 23.6 Å². The number of halogens is 4. The van der Waals surface area contributed by atoms with E-state index in [1.807, 2.05) is 0 Å². The predicted molar refractivity (Wildman–Crippen MR) is 129 cm³/mol. The van der Waals surface area contributed by atoms with Gasteiger partial charge in [0.1, 0.15) is 40.4 Å². The van der Waals surface area contributed by atoms with Gasteiger partial charge < -0.3 is 18.9 Å². The fraction of sp³-hybridized carbons (Fsp3) is 0.429. The summed E-state index contributed by atoms with van der Waals surface area (Å²) in [5.74, 6) is -3.13. The van der Waals surface area contributed by atoms with Crippen LogP contribution in [0, 0.1) is 23.3 Å². The van der Waals surface area contributed by atoms with Crippen LogP contribution in [0.15, 0.2) is 34.9 Å². The molecule has 2 aromatic carbocycles. The molecule has 0 spiro atoms. The molecular weight excluding hydrogens is 504 g/mol. The summed E-state index contributed by atoms with van der Waals surface area (Å²) >= 11 is 0. The summed E-state index contributed by atoms with van der Waals surface area (Å²) < 4.78 is 75.5. The maximum Gasteiger partial charge on any atom is 0.338 e. The number of esters is 1. The highest BCUT2D eigenvalue weighted by Crippen LogP contribution is 2.46. The Morgan fingerprint density at radius 2 is 1.63 bits per heavy atom.